The van der Waals surface area contributed by atoms with E-state index in [2.05, 4.69) is 20.5 Å². The van der Waals surface area contributed by atoms with E-state index < -0.39 is 0 Å². The molecule has 0 aliphatic heterocycles. The van der Waals surface area contributed by atoms with Crippen molar-refractivity contribution in [2.75, 3.05) is 11.1 Å². The molecular weight excluding hydrogens is 318 g/mol. The first-order valence-electron chi connectivity index (χ1n) is 6.51. The first kappa shape index (κ1) is 14.7. The average molecular weight is 331 g/mol. The number of aromatic nitrogens is 4. The summed E-state index contributed by atoms with van der Waals surface area (Å²) >= 11 is 2.96. The van der Waals surface area contributed by atoms with Crippen LogP contribution >= 0.6 is 23.1 Å². The zero-order valence-electron chi connectivity index (χ0n) is 11.8. The zero-order chi connectivity index (χ0) is 15.4. The van der Waals surface area contributed by atoms with Crippen LogP contribution in [-0.2, 0) is 11.8 Å². The number of amides is 1. The highest BCUT2D eigenvalue weighted by atomic mass is 32.2. The number of rotatable bonds is 5. The van der Waals surface area contributed by atoms with Gasteiger partial charge in [-0.1, -0.05) is 23.9 Å². The van der Waals surface area contributed by atoms with E-state index in [1.807, 2.05) is 35.2 Å². The van der Waals surface area contributed by atoms with E-state index in [4.69, 9.17) is 0 Å². The summed E-state index contributed by atoms with van der Waals surface area (Å²) in [6, 6.07) is 9.35. The minimum Gasteiger partial charge on any atom is -0.310 e. The molecule has 0 radical (unpaired) electrons. The number of carbonyl (C=O) groups excluding carboxylic acids is 1. The molecular formula is C14H13N5OS2. The third kappa shape index (κ3) is 3.34. The van der Waals surface area contributed by atoms with Crippen molar-refractivity contribution in [1.29, 1.82) is 0 Å². The third-order valence-electron chi connectivity index (χ3n) is 2.84. The lowest BCUT2D eigenvalue weighted by molar-refractivity contribution is -0.113. The van der Waals surface area contributed by atoms with Crippen LogP contribution in [0.1, 0.15) is 0 Å². The lowest BCUT2D eigenvalue weighted by atomic mass is 10.4. The highest BCUT2D eigenvalue weighted by Gasteiger charge is 2.13. The Bertz CT molecular complexity index is 755. The molecule has 8 heteroatoms. The number of thiophene rings is 1. The summed E-state index contributed by atoms with van der Waals surface area (Å²) in [4.78, 5) is 17.0. The van der Waals surface area contributed by atoms with Crippen molar-refractivity contribution in [2.24, 2.45) is 7.05 Å². The number of pyridine rings is 1. The molecule has 0 spiro atoms. The Morgan fingerprint density at radius 2 is 2.23 bits per heavy atom. The summed E-state index contributed by atoms with van der Waals surface area (Å²) in [5.74, 6) is 1.49. The topological polar surface area (TPSA) is 72.7 Å². The lowest BCUT2D eigenvalue weighted by Crippen LogP contribution is -2.15. The molecule has 3 heterocycles. The molecule has 3 aromatic rings. The van der Waals surface area contributed by atoms with Crippen molar-refractivity contribution in [3.8, 4) is 10.7 Å². The molecule has 0 bridgehead atoms. The Kier molecular flexibility index (Phi) is 4.50. The molecule has 1 amide bonds. The number of nitrogens with one attached hydrogen (secondary N) is 1. The number of nitrogens with zero attached hydrogens (tertiary/aromatic N) is 4. The average Bonchev–Trinajstić information content (AvgIpc) is 3.16. The molecule has 0 aliphatic rings. The molecule has 3 rings (SSSR count). The van der Waals surface area contributed by atoms with E-state index >= 15 is 0 Å². The maximum Gasteiger partial charge on any atom is 0.236 e. The molecule has 3 aromatic heterocycles. The van der Waals surface area contributed by atoms with Gasteiger partial charge in [-0.2, -0.15) is 0 Å². The molecule has 0 atom stereocenters. The van der Waals surface area contributed by atoms with Gasteiger partial charge in [-0.3, -0.25) is 4.79 Å². The van der Waals surface area contributed by atoms with Gasteiger partial charge in [-0.05, 0) is 23.6 Å². The highest BCUT2D eigenvalue weighted by molar-refractivity contribution is 7.99. The summed E-state index contributed by atoms with van der Waals surface area (Å²) in [5.41, 5.74) is 0. The van der Waals surface area contributed by atoms with Gasteiger partial charge in [-0.25, -0.2) is 4.98 Å². The Labute approximate surface area is 135 Å². The van der Waals surface area contributed by atoms with Gasteiger partial charge in [-0.15, -0.1) is 21.5 Å². The second-order valence-electron chi connectivity index (χ2n) is 4.39. The van der Waals surface area contributed by atoms with E-state index in [0.29, 0.717) is 11.0 Å². The first-order valence-corrected chi connectivity index (χ1v) is 8.37. The summed E-state index contributed by atoms with van der Waals surface area (Å²) in [6.45, 7) is 0. The van der Waals surface area contributed by atoms with E-state index in [0.717, 1.165) is 10.7 Å². The van der Waals surface area contributed by atoms with E-state index in [-0.39, 0.29) is 11.7 Å². The molecule has 0 saturated carbocycles. The summed E-state index contributed by atoms with van der Waals surface area (Å²) in [5, 5.41) is 13.8. The summed E-state index contributed by atoms with van der Waals surface area (Å²) in [7, 11) is 1.90. The Morgan fingerprint density at radius 1 is 1.32 bits per heavy atom. The molecule has 0 fully saturated rings. The molecule has 0 unspecified atom stereocenters. The second kappa shape index (κ2) is 6.71. The molecule has 0 aliphatic carbocycles. The molecule has 0 saturated heterocycles. The number of anilines is 1. The van der Waals surface area contributed by atoms with Gasteiger partial charge >= 0.3 is 0 Å². The Hall–Kier alpha value is -2.19. The van der Waals surface area contributed by atoms with E-state index in [1.54, 1.807) is 29.7 Å². The highest BCUT2D eigenvalue weighted by Crippen LogP contribution is 2.25. The van der Waals surface area contributed by atoms with E-state index in [9.17, 15) is 4.79 Å². The SMILES string of the molecule is Cn1c(SCC(=O)Nc2ccccn2)nnc1-c1cccs1. The van der Waals surface area contributed by atoms with Crippen LogP contribution in [0.2, 0.25) is 0 Å². The number of thioether (sulfide) groups is 1. The molecule has 0 aromatic carbocycles. The van der Waals surface area contributed by atoms with Crippen LogP contribution in [0.15, 0.2) is 47.1 Å². The van der Waals surface area contributed by atoms with Crippen LogP contribution in [0, 0.1) is 0 Å². The molecule has 1 N–H and O–H groups in total. The van der Waals surface area contributed by atoms with E-state index in [1.165, 1.54) is 11.8 Å². The standard InChI is InChI=1S/C14H13N5OS2/c1-19-13(10-5-4-8-21-10)17-18-14(19)22-9-12(20)16-11-6-2-3-7-15-11/h2-8H,9H2,1H3,(H,15,16,20). The van der Waals surface area contributed by atoms with Crippen molar-refractivity contribution >= 4 is 34.8 Å². The fourth-order valence-electron chi connectivity index (χ4n) is 1.81. The number of hydrogen-bond acceptors (Lipinski definition) is 6. The molecule has 112 valence electrons. The van der Waals surface area contributed by atoms with Crippen LogP contribution in [0.3, 0.4) is 0 Å². The van der Waals surface area contributed by atoms with Crippen molar-refractivity contribution in [1.82, 2.24) is 19.7 Å². The smallest absolute Gasteiger partial charge is 0.236 e. The normalized spacial score (nSPS) is 10.6. The van der Waals surface area contributed by atoms with Gasteiger partial charge in [0.2, 0.25) is 5.91 Å². The summed E-state index contributed by atoms with van der Waals surface area (Å²) in [6.07, 6.45) is 1.64. The first-order chi connectivity index (χ1) is 10.7. The molecule has 22 heavy (non-hydrogen) atoms. The van der Waals surface area contributed by atoms with Crippen molar-refractivity contribution < 1.29 is 4.79 Å². The van der Waals surface area contributed by atoms with Gasteiger partial charge in [0.05, 0.1) is 10.6 Å². The lowest BCUT2D eigenvalue weighted by Gasteiger charge is -2.04. The monoisotopic (exact) mass is 331 g/mol. The van der Waals surface area contributed by atoms with Crippen molar-refractivity contribution in [2.45, 2.75) is 5.16 Å². The van der Waals surface area contributed by atoms with Crippen LogP contribution in [0.25, 0.3) is 10.7 Å². The van der Waals surface area contributed by atoms with Gasteiger partial charge in [0.25, 0.3) is 0 Å². The van der Waals surface area contributed by atoms with Gasteiger partial charge in [0.15, 0.2) is 11.0 Å². The summed E-state index contributed by atoms with van der Waals surface area (Å²) < 4.78 is 1.89. The maximum absolute atomic E-state index is 11.9. The van der Waals surface area contributed by atoms with Gasteiger partial charge in [0, 0.05) is 13.2 Å². The minimum absolute atomic E-state index is 0.121. The van der Waals surface area contributed by atoms with Crippen LogP contribution < -0.4 is 5.32 Å². The minimum atomic E-state index is -0.121. The second-order valence-corrected chi connectivity index (χ2v) is 6.28. The van der Waals surface area contributed by atoms with Crippen molar-refractivity contribution in [3.63, 3.8) is 0 Å². The predicted octanol–water partition coefficient (Wildman–Crippen LogP) is 2.67. The van der Waals surface area contributed by atoms with Gasteiger partial charge in [0.1, 0.15) is 5.82 Å². The fraction of sp³-hybridized carbons (Fsp3) is 0.143. The predicted molar refractivity (Wildman–Crippen MR) is 87.9 cm³/mol. The zero-order valence-corrected chi connectivity index (χ0v) is 13.4. The van der Waals surface area contributed by atoms with Crippen LogP contribution in [-0.4, -0.2) is 31.4 Å². The number of carbonyl (C=O) groups is 1. The van der Waals surface area contributed by atoms with Gasteiger partial charge < -0.3 is 9.88 Å². The van der Waals surface area contributed by atoms with Crippen LogP contribution in [0.5, 0.6) is 0 Å². The fourth-order valence-corrected chi connectivity index (χ4v) is 3.26. The molecule has 6 nitrogen and oxygen atoms in total. The quantitative estimate of drug-likeness (QED) is 0.728. The third-order valence-corrected chi connectivity index (χ3v) is 4.73. The Morgan fingerprint density at radius 3 is 2.95 bits per heavy atom. The number of hydrogen-bond donors (Lipinski definition) is 1. The van der Waals surface area contributed by atoms with Crippen LogP contribution in [0.4, 0.5) is 5.82 Å². The largest absolute Gasteiger partial charge is 0.310 e. The maximum atomic E-state index is 11.9. The van der Waals surface area contributed by atoms with Crippen molar-refractivity contribution in [3.05, 3.63) is 41.9 Å². The Balaban J connectivity index is 1.61.